The molecular formula is C22H21NO6. The molecule has 0 saturated carbocycles. The molecule has 150 valence electrons. The predicted octanol–water partition coefficient (Wildman–Crippen LogP) is 4.35. The number of ether oxygens (including phenoxy) is 2. The molecule has 0 saturated heterocycles. The smallest absolute Gasteiger partial charge is 0.338 e. The van der Waals surface area contributed by atoms with Crippen molar-refractivity contribution in [1.82, 2.24) is 0 Å². The molecule has 0 fully saturated rings. The van der Waals surface area contributed by atoms with Crippen molar-refractivity contribution in [3.05, 3.63) is 64.9 Å². The third-order valence-corrected chi connectivity index (χ3v) is 4.26. The van der Waals surface area contributed by atoms with Crippen molar-refractivity contribution in [2.75, 3.05) is 18.5 Å². The van der Waals surface area contributed by atoms with Gasteiger partial charge in [-0.05, 0) is 45.0 Å². The molecule has 0 bridgehead atoms. The Kier molecular flexibility index (Phi) is 5.97. The summed E-state index contributed by atoms with van der Waals surface area (Å²) < 4.78 is 15.7. The highest BCUT2D eigenvalue weighted by Crippen LogP contribution is 2.26. The van der Waals surface area contributed by atoms with Crippen LogP contribution in [0.1, 0.15) is 50.7 Å². The van der Waals surface area contributed by atoms with Crippen molar-refractivity contribution in [2.45, 2.75) is 20.8 Å². The Morgan fingerprint density at radius 3 is 2.07 bits per heavy atom. The molecule has 0 aliphatic heterocycles. The number of carbonyl (C=O) groups excluding carboxylic acids is 3. The number of hydrogen-bond acceptors (Lipinski definition) is 6. The number of aryl methyl sites for hydroxylation is 1. The number of amides is 1. The summed E-state index contributed by atoms with van der Waals surface area (Å²) >= 11 is 0. The van der Waals surface area contributed by atoms with Crippen molar-refractivity contribution in [3.63, 3.8) is 0 Å². The van der Waals surface area contributed by atoms with Gasteiger partial charge in [0, 0.05) is 16.6 Å². The van der Waals surface area contributed by atoms with Gasteiger partial charge < -0.3 is 19.2 Å². The molecule has 0 aliphatic carbocycles. The molecule has 0 unspecified atom stereocenters. The van der Waals surface area contributed by atoms with Gasteiger partial charge in [0.05, 0.1) is 24.3 Å². The fourth-order valence-corrected chi connectivity index (χ4v) is 2.94. The molecule has 3 rings (SSSR count). The van der Waals surface area contributed by atoms with Crippen molar-refractivity contribution >= 4 is 34.5 Å². The lowest BCUT2D eigenvalue weighted by Gasteiger charge is -2.10. The van der Waals surface area contributed by atoms with E-state index in [1.54, 1.807) is 26.8 Å². The maximum absolute atomic E-state index is 12.8. The van der Waals surface area contributed by atoms with E-state index in [0.29, 0.717) is 11.1 Å². The average molecular weight is 395 g/mol. The SMILES string of the molecule is CCOC(=O)c1cc(NC(=O)c2oc3ccccc3c2C)cc(C(=O)OCC)c1. The standard InChI is InChI=1S/C22H21NO6/c1-4-27-21(25)14-10-15(22(26)28-5-2)12-16(11-14)23-20(24)19-13(3)17-8-6-7-9-18(17)29-19/h6-12H,4-5H2,1-3H3,(H,23,24). The summed E-state index contributed by atoms with van der Waals surface area (Å²) in [7, 11) is 0. The minimum absolute atomic E-state index is 0.133. The zero-order valence-electron chi connectivity index (χ0n) is 16.4. The molecule has 29 heavy (non-hydrogen) atoms. The first-order chi connectivity index (χ1) is 13.9. The topological polar surface area (TPSA) is 94.8 Å². The van der Waals surface area contributed by atoms with E-state index >= 15 is 0 Å². The van der Waals surface area contributed by atoms with E-state index in [-0.39, 0.29) is 35.8 Å². The lowest BCUT2D eigenvalue weighted by atomic mass is 10.1. The number of fused-ring (bicyclic) bond motifs is 1. The van der Waals surface area contributed by atoms with Crippen LogP contribution in [0.25, 0.3) is 11.0 Å². The largest absolute Gasteiger partial charge is 0.462 e. The molecule has 1 aromatic heterocycles. The quantitative estimate of drug-likeness (QED) is 0.624. The summed E-state index contributed by atoms with van der Waals surface area (Å²) in [5, 5.41) is 3.52. The van der Waals surface area contributed by atoms with Crippen LogP contribution in [0.15, 0.2) is 46.9 Å². The van der Waals surface area contributed by atoms with Crippen LogP contribution in [-0.4, -0.2) is 31.1 Å². The van der Waals surface area contributed by atoms with Gasteiger partial charge in [0.1, 0.15) is 5.58 Å². The monoisotopic (exact) mass is 395 g/mol. The van der Waals surface area contributed by atoms with Crippen LogP contribution >= 0.6 is 0 Å². The number of esters is 2. The second-order valence-electron chi connectivity index (χ2n) is 6.25. The highest BCUT2D eigenvalue weighted by atomic mass is 16.5. The van der Waals surface area contributed by atoms with E-state index in [0.717, 1.165) is 5.39 Å². The number of furan rings is 1. The van der Waals surface area contributed by atoms with Crippen LogP contribution in [0.5, 0.6) is 0 Å². The van der Waals surface area contributed by atoms with Crippen LogP contribution in [-0.2, 0) is 9.47 Å². The van der Waals surface area contributed by atoms with Gasteiger partial charge in [0.15, 0.2) is 5.76 Å². The number of anilines is 1. The molecule has 7 heteroatoms. The molecule has 0 atom stereocenters. The normalized spacial score (nSPS) is 10.6. The van der Waals surface area contributed by atoms with E-state index in [9.17, 15) is 14.4 Å². The first-order valence-electron chi connectivity index (χ1n) is 9.23. The Balaban J connectivity index is 1.95. The third-order valence-electron chi connectivity index (χ3n) is 4.26. The van der Waals surface area contributed by atoms with Crippen molar-refractivity contribution in [2.24, 2.45) is 0 Å². The van der Waals surface area contributed by atoms with E-state index in [2.05, 4.69) is 5.32 Å². The summed E-state index contributed by atoms with van der Waals surface area (Å²) in [6.07, 6.45) is 0. The van der Waals surface area contributed by atoms with Crippen LogP contribution in [0.3, 0.4) is 0 Å². The molecular weight excluding hydrogens is 374 g/mol. The maximum Gasteiger partial charge on any atom is 0.338 e. The summed E-state index contributed by atoms with van der Waals surface area (Å²) in [4.78, 5) is 37.1. The molecule has 7 nitrogen and oxygen atoms in total. The van der Waals surface area contributed by atoms with E-state index in [1.165, 1.54) is 18.2 Å². The Morgan fingerprint density at radius 2 is 1.52 bits per heavy atom. The zero-order chi connectivity index (χ0) is 21.0. The number of rotatable bonds is 6. The van der Waals surface area contributed by atoms with E-state index < -0.39 is 17.8 Å². The Labute approximate surface area is 167 Å². The first-order valence-corrected chi connectivity index (χ1v) is 9.23. The van der Waals surface area contributed by atoms with Gasteiger partial charge in [-0.3, -0.25) is 4.79 Å². The van der Waals surface area contributed by atoms with Gasteiger partial charge >= 0.3 is 11.9 Å². The van der Waals surface area contributed by atoms with E-state index in [4.69, 9.17) is 13.9 Å². The summed E-state index contributed by atoms with van der Waals surface area (Å²) in [5.41, 5.74) is 1.82. The minimum Gasteiger partial charge on any atom is -0.462 e. The van der Waals surface area contributed by atoms with Gasteiger partial charge in [0.2, 0.25) is 0 Å². The summed E-state index contributed by atoms with van der Waals surface area (Å²) in [6.45, 7) is 5.52. The lowest BCUT2D eigenvalue weighted by molar-refractivity contribution is 0.0525. The summed E-state index contributed by atoms with van der Waals surface area (Å²) in [5.74, 6) is -1.54. The molecule has 0 aliphatic rings. The Morgan fingerprint density at radius 1 is 0.931 bits per heavy atom. The van der Waals surface area contributed by atoms with Gasteiger partial charge in [-0.15, -0.1) is 0 Å². The molecule has 2 aromatic carbocycles. The fourth-order valence-electron chi connectivity index (χ4n) is 2.94. The van der Waals surface area contributed by atoms with Crippen LogP contribution < -0.4 is 5.32 Å². The van der Waals surface area contributed by atoms with Gasteiger partial charge in [-0.2, -0.15) is 0 Å². The average Bonchev–Trinajstić information content (AvgIpc) is 3.05. The summed E-state index contributed by atoms with van der Waals surface area (Å²) in [6, 6.07) is 11.6. The number of carbonyl (C=O) groups is 3. The molecule has 0 radical (unpaired) electrons. The highest BCUT2D eigenvalue weighted by molar-refractivity contribution is 6.07. The molecule has 0 spiro atoms. The first kappa shape index (κ1) is 20.1. The molecule has 1 heterocycles. The highest BCUT2D eigenvalue weighted by Gasteiger charge is 2.20. The number of para-hydroxylation sites is 1. The zero-order valence-corrected chi connectivity index (χ0v) is 16.4. The van der Waals surface area contributed by atoms with Crippen molar-refractivity contribution in [1.29, 1.82) is 0 Å². The maximum atomic E-state index is 12.8. The van der Waals surface area contributed by atoms with Crippen LogP contribution in [0.2, 0.25) is 0 Å². The minimum atomic E-state index is -0.603. The second-order valence-corrected chi connectivity index (χ2v) is 6.25. The van der Waals surface area contributed by atoms with Gasteiger partial charge in [-0.25, -0.2) is 9.59 Å². The van der Waals surface area contributed by atoms with Crippen molar-refractivity contribution in [3.8, 4) is 0 Å². The van der Waals surface area contributed by atoms with E-state index in [1.807, 2.05) is 18.2 Å². The Hall–Kier alpha value is -3.61. The predicted molar refractivity (Wildman–Crippen MR) is 107 cm³/mol. The van der Waals surface area contributed by atoms with Crippen molar-refractivity contribution < 1.29 is 28.3 Å². The molecule has 1 N–H and O–H groups in total. The lowest BCUT2D eigenvalue weighted by Crippen LogP contribution is -2.15. The van der Waals surface area contributed by atoms with Gasteiger partial charge in [-0.1, -0.05) is 18.2 Å². The Bertz CT molecular complexity index is 1050. The van der Waals surface area contributed by atoms with Crippen LogP contribution in [0.4, 0.5) is 5.69 Å². The van der Waals surface area contributed by atoms with Gasteiger partial charge in [0.25, 0.3) is 5.91 Å². The van der Waals surface area contributed by atoms with Crippen LogP contribution in [0, 0.1) is 6.92 Å². The number of hydrogen-bond donors (Lipinski definition) is 1. The molecule has 1 amide bonds. The fraction of sp³-hybridized carbons (Fsp3) is 0.227. The number of nitrogens with one attached hydrogen (secondary N) is 1. The second kappa shape index (κ2) is 8.60. The third kappa shape index (κ3) is 4.29. The molecule has 3 aromatic rings. The number of benzene rings is 2.